The Kier molecular flexibility index (Phi) is 4.37. The normalized spacial score (nSPS) is 19.1. The zero-order valence-corrected chi connectivity index (χ0v) is 13.1. The van der Waals surface area contributed by atoms with Crippen molar-refractivity contribution in [2.45, 2.75) is 13.0 Å². The lowest BCUT2D eigenvalue weighted by Crippen LogP contribution is -2.57. The van der Waals surface area contributed by atoms with Gasteiger partial charge < -0.3 is 14.4 Å². The predicted molar refractivity (Wildman–Crippen MR) is 79.6 cm³/mol. The number of imide groups is 1. The summed E-state index contributed by atoms with van der Waals surface area (Å²) < 4.78 is 23.5. The summed E-state index contributed by atoms with van der Waals surface area (Å²) in [5.41, 5.74) is 0. The Labute approximate surface area is 137 Å². The fourth-order valence-corrected chi connectivity index (χ4v) is 2.72. The number of para-hydroxylation sites is 1. The molecule has 3 amide bonds. The van der Waals surface area contributed by atoms with Crippen molar-refractivity contribution in [2.24, 2.45) is 5.92 Å². The molecule has 2 aliphatic rings. The van der Waals surface area contributed by atoms with Crippen LogP contribution in [0.2, 0.25) is 0 Å². The van der Waals surface area contributed by atoms with Crippen LogP contribution in [0.3, 0.4) is 0 Å². The molecule has 0 saturated carbocycles. The monoisotopic (exact) mass is 336 g/mol. The van der Waals surface area contributed by atoms with Crippen molar-refractivity contribution < 1.29 is 28.2 Å². The number of likely N-dealkylation sites (tertiary alicyclic amines) is 1. The van der Waals surface area contributed by atoms with Gasteiger partial charge in [-0.25, -0.2) is 14.1 Å². The third-order valence-electron chi connectivity index (χ3n) is 4.04. The third-order valence-corrected chi connectivity index (χ3v) is 4.04. The van der Waals surface area contributed by atoms with E-state index in [9.17, 15) is 18.8 Å². The van der Waals surface area contributed by atoms with Gasteiger partial charge in [0, 0.05) is 25.6 Å². The van der Waals surface area contributed by atoms with E-state index >= 15 is 0 Å². The standard InChI is InChI=1S/C16H17FN2O5/c1-10(24-13-5-3-2-4-12(13)17)15(21)18-6-11(7-18)8-19-14(20)9-23-16(19)22/h2-5,10-11H,6-9H2,1H3/t10-/m1/s1. The van der Waals surface area contributed by atoms with Crippen LogP contribution in [-0.2, 0) is 14.3 Å². The number of hydrogen-bond acceptors (Lipinski definition) is 5. The van der Waals surface area contributed by atoms with Crippen LogP contribution in [0, 0.1) is 11.7 Å². The van der Waals surface area contributed by atoms with Crippen LogP contribution in [0.5, 0.6) is 5.75 Å². The second-order valence-electron chi connectivity index (χ2n) is 5.86. The Bertz CT molecular complexity index is 658. The van der Waals surface area contributed by atoms with Gasteiger partial charge in [-0.05, 0) is 19.1 Å². The first kappa shape index (κ1) is 16.2. The van der Waals surface area contributed by atoms with E-state index in [4.69, 9.17) is 4.74 Å². The summed E-state index contributed by atoms with van der Waals surface area (Å²) in [5, 5.41) is 0. The zero-order valence-electron chi connectivity index (χ0n) is 13.1. The van der Waals surface area contributed by atoms with Crippen molar-refractivity contribution in [1.29, 1.82) is 0 Å². The number of amides is 3. The molecule has 0 spiro atoms. The van der Waals surface area contributed by atoms with Gasteiger partial charge in [0.25, 0.3) is 11.8 Å². The van der Waals surface area contributed by atoms with Crippen LogP contribution in [0.4, 0.5) is 9.18 Å². The molecule has 0 aromatic heterocycles. The molecule has 1 atom stereocenters. The van der Waals surface area contributed by atoms with Gasteiger partial charge in [-0.15, -0.1) is 0 Å². The molecular weight excluding hydrogens is 319 g/mol. The Hall–Kier alpha value is -2.64. The second-order valence-corrected chi connectivity index (χ2v) is 5.86. The van der Waals surface area contributed by atoms with Gasteiger partial charge in [0.1, 0.15) is 0 Å². The molecule has 7 nitrogen and oxygen atoms in total. The Morgan fingerprint density at radius 3 is 2.71 bits per heavy atom. The SMILES string of the molecule is C[C@@H](Oc1ccccc1F)C(=O)N1CC(CN2C(=O)COC2=O)C1. The molecule has 3 rings (SSSR count). The van der Waals surface area contributed by atoms with Crippen LogP contribution in [0.1, 0.15) is 6.92 Å². The highest BCUT2D eigenvalue weighted by Gasteiger charge is 2.39. The lowest BCUT2D eigenvalue weighted by atomic mass is 9.99. The first-order chi connectivity index (χ1) is 11.5. The summed E-state index contributed by atoms with van der Waals surface area (Å²) in [6, 6.07) is 5.89. The van der Waals surface area contributed by atoms with Crippen molar-refractivity contribution in [3.63, 3.8) is 0 Å². The van der Waals surface area contributed by atoms with E-state index in [2.05, 4.69) is 4.74 Å². The molecule has 2 heterocycles. The van der Waals surface area contributed by atoms with E-state index in [0.717, 1.165) is 4.90 Å². The van der Waals surface area contributed by atoms with Gasteiger partial charge in [0.15, 0.2) is 24.3 Å². The summed E-state index contributed by atoms with van der Waals surface area (Å²) >= 11 is 0. The van der Waals surface area contributed by atoms with Gasteiger partial charge >= 0.3 is 6.09 Å². The van der Waals surface area contributed by atoms with Gasteiger partial charge in [0.2, 0.25) is 0 Å². The summed E-state index contributed by atoms with van der Waals surface area (Å²) in [4.78, 5) is 37.7. The van der Waals surface area contributed by atoms with Crippen molar-refractivity contribution in [1.82, 2.24) is 9.80 Å². The smallest absolute Gasteiger partial charge is 0.417 e. The number of nitrogens with zero attached hydrogens (tertiary/aromatic N) is 2. The quantitative estimate of drug-likeness (QED) is 0.803. The van der Waals surface area contributed by atoms with Crippen LogP contribution in [0.25, 0.3) is 0 Å². The van der Waals surface area contributed by atoms with Crippen LogP contribution < -0.4 is 4.74 Å². The van der Waals surface area contributed by atoms with Gasteiger partial charge in [0.05, 0.1) is 0 Å². The summed E-state index contributed by atoms with van der Waals surface area (Å²) in [5.74, 6) is -1.10. The van der Waals surface area contributed by atoms with Gasteiger partial charge in [-0.2, -0.15) is 0 Å². The maximum absolute atomic E-state index is 13.5. The fourth-order valence-electron chi connectivity index (χ4n) is 2.72. The minimum Gasteiger partial charge on any atom is -0.478 e. The van der Waals surface area contributed by atoms with E-state index < -0.39 is 18.0 Å². The number of ether oxygens (including phenoxy) is 2. The maximum atomic E-state index is 13.5. The number of carbonyl (C=O) groups is 3. The molecule has 2 aliphatic heterocycles. The topological polar surface area (TPSA) is 76.2 Å². The van der Waals surface area contributed by atoms with Crippen molar-refractivity contribution in [2.75, 3.05) is 26.2 Å². The molecule has 1 aromatic rings. The maximum Gasteiger partial charge on any atom is 0.417 e. The highest BCUT2D eigenvalue weighted by atomic mass is 19.1. The Balaban J connectivity index is 1.48. The summed E-state index contributed by atoms with van der Waals surface area (Å²) in [7, 11) is 0. The van der Waals surface area contributed by atoms with Crippen molar-refractivity contribution >= 4 is 17.9 Å². The van der Waals surface area contributed by atoms with E-state index in [0.29, 0.717) is 13.1 Å². The highest BCUT2D eigenvalue weighted by Crippen LogP contribution is 2.22. The van der Waals surface area contributed by atoms with Crippen LogP contribution in [0.15, 0.2) is 24.3 Å². The molecule has 24 heavy (non-hydrogen) atoms. The van der Waals surface area contributed by atoms with Crippen LogP contribution >= 0.6 is 0 Å². The molecular formula is C16H17FN2O5. The zero-order chi connectivity index (χ0) is 17.3. The number of carbonyl (C=O) groups excluding carboxylic acids is 3. The Morgan fingerprint density at radius 1 is 1.38 bits per heavy atom. The molecule has 0 N–H and O–H groups in total. The lowest BCUT2D eigenvalue weighted by Gasteiger charge is -2.41. The highest BCUT2D eigenvalue weighted by molar-refractivity contribution is 5.97. The van der Waals surface area contributed by atoms with E-state index in [1.54, 1.807) is 24.0 Å². The molecule has 0 bridgehead atoms. The predicted octanol–water partition coefficient (Wildman–Crippen LogP) is 1.03. The molecule has 2 saturated heterocycles. The van der Waals surface area contributed by atoms with Crippen molar-refractivity contribution in [3.8, 4) is 5.75 Å². The number of cyclic esters (lactones) is 1. The first-order valence-electron chi connectivity index (χ1n) is 7.63. The lowest BCUT2D eigenvalue weighted by molar-refractivity contribution is -0.145. The van der Waals surface area contributed by atoms with Gasteiger partial charge in [-0.1, -0.05) is 12.1 Å². The second kappa shape index (κ2) is 6.46. The van der Waals surface area contributed by atoms with E-state index in [1.165, 1.54) is 12.1 Å². The number of benzene rings is 1. The Morgan fingerprint density at radius 2 is 2.08 bits per heavy atom. The molecule has 128 valence electrons. The molecule has 1 aromatic carbocycles. The summed E-state index contributed by atoms with van der Waals surface area (Å²) in [6.07, 6.45) is -1.46. The third kappa shape index (κ3) is 3.17. The average molecular weight is 336 g/mol. The number of rotatable bonds is 5. The summed E-state index contributed by atoms with van der Waals surface area (Å²) in [6.45, 7) is 2.41. The van der Waals surface area contributed by atoms with Gasteiger partial charge in [-0.3, -0.25) is 9.59 Å². The fraction of sp³-hybridized carbons (Fsp3) is 0.438. The van der Waals surface area contributed by atoms with E-state index in [-0.39, 0.29) is 36.6 Å². The molecule has 8 heteroatoms. The minimum atomic E-state index is -0.818. The molecule has 0 aliphatic carbocycles. The van der Waals surface area contributed by atoms with Crippen LogP contribution in [-0.4, -0.2) is 60.1 Å². The van der Waals surface area contributed by atoms with Crippen molar-refractivity contribution in [3.05, 3.63) is 30.1 Å². The number of halogens is 1. The first-order valence-corrected chi connectivity index (χ1v) is 7.63. The minimum absolute atomic E-state index is 0.0178. The molecule has 0 unspecified atom stereocenters. The van der Waals surface area contributed by atoms with E-state index in [1.807, 2.05) is 0 Å². The molecule has 2 fully saturated rings. The average Bonchev–Trinajstić information content (AvgIpc) is 2.83. The molecule has 0 radical (unpaired) electrons. The largest absolute Gasteiger partial charge is 0.478 e. The number of hydrogen-bond donors (Lipinski definition) is 0.